The van der Waals surface area contributed by atoms with E-state index in [2.05, 4.69) is 15.6 Å². The average molecular weight is 440 g/mol. The number of nitrogens with one attached hydrogen (secondary N) is 2. The number of carbonyl (C=O) groups is 2. The van der Waals surface area contributed by atoms with Crippen LogP contribution < -0.4 is 15.4 Å². The zero-order valence-corrected chi connectivity index (χ0v) is 17.5. The summed E-state index contributed by atoms with van der Waals surface area (Å²) in [7, 11) is 1.61. The molecule has 9 heteroatoms. The maximum absolute atomic E-state index is 12.3. The summed E-state index contributed by atoms with van der Waals surface area (Å²) in [5.41, 5.74) is 1.46. The summed E-state index contributed by atoms with van der Waals surface area (Å²) in [5.74, 6) is 0.799. The van der Waals surface area contributed by atoms with Gasteiger partial charge in [0.25, 0.3) is 5.91 Å². The minimum absolute atomic E-state index is 0.138. The molecule has 0 spiro atoms. The van der Waals surface area contributed by atoms with E-state index in [4.69, 9.17) is 9.15 Å². The van der Waals surface area contributed by atoms with Gasteiger partial charge in [0.15, 0.2) is 10.9 Å². The van der Waals surface area contributed by atoms with Crippen molar-refractivity contribution in [3.05, 3.63) is 66.6 Å². The number of nitrogens with zero attached hydrogens (tertiary/aromatic N) is 1. The lowest BCUT2D eigenvalue weighted by atomic mass is 10.3. The van der Waals surface area contributed by atoms with Crippen LogP contribution in [0.4, 0.5) is 10.8 Å². The van der Waals surface area contributed by atoms with Crippen LogP contribution in [0.25, 0.3) is 10.2 Å². The molecule has 0 saturated carbocycles. The highest BCUT2D eigenvalue weighted by molar-refractivity contribution is 8.00. The van der Waals surface area contributed by atoms with Crippen LogP contribution in [-0.4, -0.2) is 29.7 Å². The summed E-state index contributed by atoms with van der Waals surface area (Å²) in [4.78, 5) is 29.6. The van der Waals surface area contributed by atoms with Crippen molar-refractivity contribution in [1.29, 1.82) is 0 Å². The van der Waals surface area contributed by atoms with Crippen molar-refractivity contribution < 1.29 is 18.7 Å². The monoisotopic (exact) mass is 439 g/mol. The van der Waals surface area contributed by atoms with E-state index >= 15 is 0 Å². The topological polar surface area (TPSA) is 93.5 Å². The number of rotatable bonds is 7. The Bertz CT molecular complexity index is 1170. The third kappa shape index (κ3) is 4.81. The number of thiazole rings is 1. The Balaban J connectivity index is 1.30. The van der Waals surface area contributed by atoms with Gasteiger partial charge >= 0.3 is 0 Å². The summed E-state index contributed by atoms with van der Waals surface area (Å²) in [6.07, 6.45) is 1.45. The van der Waals surface area contributed by atoms with Gasteiger partial charge in [-0.05, 0) is 54.6 Å². The molecule has 4 rings (SSSR count). The van der Waals surface area contributed by atoms with Gasteiger partial charge in [0.2, 0.25) is 5.91 Å². The van der Waals surface area contributed by atoms with Crippen LogP contribution in [0.3, 0.4) is 0 Å². The van der Waals surface area contributed by atoms with E-state index in [0.29, 0.717) is 10.8 Å². The highest BCUT2D eigenvalue weighted by Gasteiger charge is 2.11. The van der Waals surface area contributed by atoms with Crippen molar-refractivity contribution in [3.8, 4) is 5.75 Å². The highest BCUT2D eigenvalue weighted by Crippen LogP contribution is 2.29. The minimum atomic E-state index is -0.312. The molecule has 152 valence electrons. The Hall–Kier alpha value is -3.30. The van der Waals surface area contributed by atoms with Crippen molar-refractivity contribution in [2.45, 2.75) is 4.90 Å². The number of ether oxygens (including phenoxy) is 1. The first-order valence-electron chi connectivity index (χ1n) is 8.93. The maximum Gasteiger partial charge on any atom is 0.291 e. The second kappa shape index (κ2) is 9.02. The molecule has 0 unspecified atom stereocenters. The first-order chi connectivity index (χ1) is 14.6. The van der Waals surface area contributed by atoms with Crippen LogP contribution in [0.2, 0.25) is 0 Å². The van der Waals surface area contributed by atoms with Gasteiger partial charge in [0, 0.05) is 10.6 Å². The molecule has 0 aliphatic rings. The van der Waals surface area contributed by atoms with E-state index in [1.54, 1.807) is 31.4 Å². The Labute approximate surface area is 180 Å². The van der Waals surface area contributed by atoms with Crippen LogP contribution in [0.1, 0.15) is 10.6 Å². The summed E-state index contributed by atoms with van der Waals surface area (Å²) in [6, 6.07) is 16.1. The van der Waals surface area contributed by atoms with Crippen LogP contribution in [0.15, 0.2) is 70.2 Å². The fourth-order valence-electron chi connectivity index (χ4n) is 2.62. The number of hydrogen-bond acceptors (Lipinski definition) is 7. The number of anilines is 2. The third-order valence-electron chi connectivity index (χ3n) is 4.07. The Morgan fingerprint density at radius 1 is 1.13 bits per heavy atom. The SMILES string of the molecule is COc1ccc2nc(NC(=O)CSc3ccc(NC(=O)c4ccco4)cc3)sc2c1. The summed E-state index contributed by atoms with van der Waals surface area (Å²) in [6.45, 7) is 0. The molecule has 2 N–H and O–H groups in total. The molecule has 2 aromatic carbocycles. The van der Waals surface area contributed by atoms with E-state index in [0.717, 1.165) is 20.9 Å². The quantitative estimate of drug-likeness (QED) is 0.399. The summed E-state index contributed by atoms with van der Waals surface area (Å²) in [5, 5.41) is 6.14. The number of fused-ring (bicyclic) bond motifs is 1. The number of thioether (sulfide) groups is 1. The number of carbonyl (C=O) groups excluding carboxylic acids is 2. The van der Waals surface area contributed by atoms with Gasteiger partial charge in [-0.15, -0.1) is 11.8 Å². The van der Waals surface area contributed by atoms with Crippen LogP contribution >= 0.6 is 23.1 Å². The van der Waals surface area contributed by atoms with Gasteiger partial charge in [-0.1, -0.05) is 11.3 Å². The normalized spacial score (nSPS) is 10.7. The fourth-order valence-corrected chi connectivity index (χ4v) is 4.23. The van der Waals surface area contributed by atoms with E-state index < -0.39 is 0 Å². The Morgan fingerprint density at radius 3 is 2.70 bits per heavy atom. The molecule has 30 heavy (non-hydrogen) atoms. The largest absolute Gasteiger partial charge is 0.497 e. The number of methoxy groups -OCH3 is 1. The van der Waals surface area contributed by atoms with Crippen molar-refractivity contribution in [1.82, 2.24) is 4.98 Å². The van der Waals surface area contributed by atoms with Gasteiger partial charge < -0.3 is 19.8 Å². The molecule has 0 saturated heterocycles. The molecule has 2 amide bonds. The first kappa shape index (κ1) is 20.0. The Morgan fingerprint density at radius 2 is 1.97 bits per heavy atom. The van der Waals surface area contributed by atoms with Crippen LogP contribution in [0, 0.1) is 0 Å². The molecule has 0 radical (unpaired) electrons. The summed E-state index contributed by atoms with van der Waals surface area (Å²) >= 11 is 2.80. The van der Waals surface area contributed by atoms with E-state index in [-0.39, 0.29) is 23.3 Å². The number of benzene rings is 2. The molecule has 7 nitrogen and oxygen atoms in total. The van der Waals surface area contributed by atoms with Crippen LogP contribution in [-0.2, 0) is 4.79 Å². The molecule has 0 aliphatic carbocycles. The molecule has 0 bridgehead atoms. The van der Waals surface area contributed by atoms with Crippen molar-refractivity contribution in [2.24, 2.45) is 0 Å². The maximum atomic E-state index is 12.3. The second-order valence-electron chi connectivity index (χ2n) is 6.15. The smallest absolute Gasteiger partial charge is 0.291 e. The fraction of sp³-hybridized carbons (Fsp3) is 0.0952. The van der Waals surface area contributed by atoms with Crippen molar-refractivity contribution in [3.63, 3.8) is 0 Å². The standard InChI is InChI=1S/C21H17N3O4S2/c1-27-14-6-9-16-18(11-14)30-21(23-16)24-19(25)12-29-15-7-4-13(5-8-15)22-20(26)17-3-2-10-28-17/h2-11H,12H2,1H3,(H,22,26)(H,23,24,25). The lowest BCUT2D eigenvalue weighted by Gasteiger charge is -2.05. The molecule has 2 heterocycles. The predicted octanol–water partition coefficient (Wildman–Crippen LogP) is 4.88. The van der Waals surface area contributed by atoms with Crippen molar-refractivity contribution in [2.75, 3.05) is 23.5 Å². The second-order valence-corrected chi connectivity index (χ2v) is 8.22. The first-order valence-corrected chi connectivity index (χ1v) is 10.7. The van der Waals surface area contributed by atoms with Gasteiger partial charge in [0.1, 0.15) is 5.75 Å². The van der Waals surface area contributed by atoms with E-state index in [9.17, 15) is 9.59 Å². The molecule has 0 aliphatic heterocycles. The number of aromatic nitrogens is 1. The number of furan rings is 1. The number of amides is 2. The summed E-state index contributed by atoms with van der Waals surface area (Å²) < 4.78 is 11.2. The lowest BCUT2D eigenvalue weighted by Crippen LogP contribution is -2.13. The molecule has 0 atom stereocenters. The Kier molecular flexibility index (Phi) is 6.01. The van der Waals surface area contributed by atoms with E-state index in [1.165, 1.54) is 29.4 Å². The van der Waals surface area contributed by atoms with E-state index in [1.807, 2.05) is 30.3 Å². The zero-order chi connectivity index (χ0) is 20.9. The highest BCUT2D eigenvalue weighted by atomic mass is 32.2. The zero-order valence-electron chi connectivity index (χ0n) is 15.9. The van der Waals surface area contributed by atoms with Crippen molar-refractivity contribution >= 4 is 55.9 Å². The van der Waals surface area contributed by atoms with Crippen LogP contribution in [0.5, 0.6) is 5.75 Å². The van der Waals surface area contributed by atoms with Gasteiger partial charge in [-0.3, -0.25) is 9.59 Å². The number of hydrogen-bond donors (Lipinski definition) is 2. The molecule has 2 aromatic heterocycles. The molecular weight excluding hydrogens is 422 g/mol. The van der Waals surface area contributed by atoms with Gasteiger partial charge in [-0.25, -0.2) is 4.98 Å². The van der Waals surface area contributed by atoms with Gasteiger partial charge in [0.05, 0.1) is 29.3 Å². The molecule has 4 aromatic rings. The lowest BCUT2D eigenvalue weighted by molar-refractivity contribution is -0.113. The third-order valence-corrected chi connectivity index (χ3v) is 6.01. The molecular formula is C21H17N3O4S2. The predicted molar refractivity (Wildman–Crippen MR) is 119 cm³/mol. The molecule has 0 fully saturated rings. The average Bonchev–Trinajstić information content (AvgIpc) is 3.42. The minimum Gasteiger partial charge on any atom is -0.497 e. The van der Waals surface area contributed by atoms with Gasteiger partial charge in [-0.2, -0.15) is 0 Å².